The molecule has 0 spiro atoms. The van der Waals surface area contributed by atoms with Crippen LogP contribution in [0.1, 0.15) is 17.2 Å². The van der Waals surface area contributed by atoms with Crippen molar-refractivity contribution in [3.8, 4) is 11.5 Å². The van der Waals surface area contributed by atoms with E-state index in [0.29, 0.717) is 17.1 Å². The van der Waals surface area contributed by atoms with E-state index in [1.54, 1.807) is 32.4 Å². The van der Waals surface area contributed by atoms with Gasteiger partial charge in [-0.25, -0.2) is 9.79 Å². The first-order valence-corrected chi connectivity index (χ1v) is 6.79. The molecule has 1 atom stereocenters. The molecular weight excluding hydrogens is 282 g/mol. The fraction of sp³-hybridized carbons (Fsp3) is 0.176. The maximum atomic E-state index is 12.1. The summed E-state index contributed by atoms with van der Waals surface area (Å²) in [6, 6.07) is 13.9. The Balaban J connectivity index is 1.97. The third kappa shape index (κ3) is 2.65. The number of cyclic esters (lactones) is 1. The quantitative estimate of drug-likeness (QED) is 0.814. The number of carbonyl (C=O) groups excluding carboxylic acids is 1. The van der Waals surface area contributed by atoms with Gasteiger partial charge in [-0.3, -0.25) is 0 Å². The summed E-state index contributed by atoms with van der Waals surface area (Å²) in [7, 11) is 3.13. The summed E-state index contributed by atoms with van der Waals surface area (Å²) in [4.78, 5) is 16.5. The van der Waals surface area contributed by atoms with Gasteiger partial charge in [-0.2, -0.15) is 0 Å². The van der Waals surface area contributed by atoms with E-state index < -0.39 is 6.04 Å². The van der Waals surface area contributed by atoms with E-state index in [2.05, 4.69) is 4.99 Å². The van der Waals surface area contributed by atoms with E-state index in [0.717, 1.165) is 5.56 Å². The zero-order chi connectivity index (χ0) is 15.5. The van der Waals surface area contributed by atoms with E-state index in [9.17, 15) is 4.79 Å². The Bertz CT molecular complexity index is 702. The lowest BCUT2D eigenvalue weighted by molar-refractivity contribution is -0.135. The molecule has 5 heteroatoms. The van der Waals surface area contributed by atoms with Gasteiger partial charge in [0.1, 0.15) is 11.5 Å². The molecule has 0 N–H and O–H groups in total. The number of ether oxygens (including phenoxy) is 3. The highest BCUT2D eigenvalue weighted by molar-refractivity contribution is 6.06. The smallest absolute Gasteiger partial charge is 0.342 e. The number of rotatable bonds is 4. The minimum atomic E-state index is -0.631. The zero-order valence-electron chi connectivity index (χ0n) is 12.3. The van der Waals surface area contributed by atoms with E-state index in [4.69, 9.17) is 14.2 Å². The van der Waals surface area contributed by atoms with Crippen molar-refractivity contribution in [2.24, 2.45) is 4.99 Å². The van der Waals surface area contributed by atoms with Gasteiger partial charge in [-0.05, 0) is 17.7 Å². The van der Waals surface area contributed by atoms with Crippen molar-refractivity contribution in [3.63, 3.8) is 0 Å². The number of hydrogen-bond acceptors (Lipinski definition) is 5. The summed E-state index contributed by atoms with van der Waals surface area (Å²) < 4.78 is 15.8. The van der Waals surface area contributed by atoms with Crippen LogP contribution < -0.4 is 9.47 Å². The number of carbonyl (C=O) groups is 1. The molecule has 0 aliphatic carbocycles. The molecular formula is C17H15NO4. The largest absolute Gasteiger partial charge is 0.497 e. The normalized spacial score (nSPS) is 16.9. The van der Waals surface area contributed by atoms with E-state index in [1.807, 2.05) is 30.3 Å². The maximum absolute atomic E-state index is 12.1. The third-order valence-electron chi connectivity index (χ3n) is 3.38. The molecule has 0 unspecified atom stereocenters. The molecule has 5 nitrogen and oxygen atoms in total. The summed E-state index contributed by atoms with van der Waals surface area (Å²) in [5, 5.41) is 0. The molecule has 1 heterocycles. The van der Waals surface area contributed by atoms with Crippen molar-refractivity contribution in [2.45, 2.75) is 6.04 Å². The van der Waals surface area contributed by atoms with Crippen molar-refractivity contribution in [1.82, 2.24) is 0 Å². The highest BCUT2D eigenvalue weighted by Gasteiger charge is 2.31. The van der Waals surface area contributed by atoms with Gasteiger partial charge < -0.3 is 14.2 Å². The molecule has 22 heavy (non-hydrogen) atoms. The minimum absolute atomic E-state index is 0.274. The fourth-order valence-corrected chi connectivity index (χ4v) is 2.26. The van der Waals surface area contributed by atoms with Gasteiger partial charge in [0.05, 0.1) is 14.2 Å². The van der Waals surface area contributed by atoms with Gasteiger partial charge in [-0.15, -0.1) is 0 Å². The lowest BCUT2D eigenvalue weighted by Gasteiger charge is -2.07. The molecule has 2 aromatic carbocycles. The Morgan fingerprint density at radius 3 is 2.23 bits per heavy atom. The first kappa shape index (κ1) is 14.1. The molecule has 0 bridgehead atoms. The van der Waals surface area contributed by atoms with E-state index in [-0.39, 0.29) is 11.9 Å². The number of nitrogens with zero attached hydrogens (tertiary/aromatic N) is 1. The van der Waals surface area contributed by atoms with Crippen LogP contribution in [0.15, 0.2) is 53.5 Å². The second-order valence-electron chi connectivity index (χ2n) is 4.77. The lowest BCUT2D eigenvalue weighted by Crippen LogP contribution is -2.09. The van der Waals surface area contributed by atoms with Crippen LogP contribution in [-0.2, 0) is 9.53 Å². The van der Waals surface area contributed by atoms with Gasteiger partial charge >= 0.3 is 5.97 Å². The topological polar surface area (TPSA) is 57.1 Å². The van der Waals surface area contributed by atoms with Gasteiger partial charge in [0.2, 0.25) is 5.90 Å². The van der Waals surface area contributed by atoms with E-state index >= 15 is 0 Å². The van der Waals surface area contributed by atoms with Crippen LogP contribution in [0.3, 0.4) is 0 Å². The second-order valence-corrected chi connectivity index (χ2v) is 4.77. The standard InChI is InChI=1S/C17H15NO4/c1-20-13-8-12(9-14(10-13)21-2)16-18-15(17(19)22-16)11-6-4-3-5-7-11/h3-10,15H,1-2H3/t15-/m0/s1. The lowest BCUT2D eigenvalue weighted by atomic mass is 10.1. The summed E-state index contributed by atoms with van der Waals surface area (Å²) >= 11 is 0. The van der Waals surface area contributed by atoms with E-state index in [1.165, 1.54) is 0 Å². The van der Waals surface area contributed by atoms with Crippen molar-refractivity contribution < 1.29 is 19.0 Å². The zero-order valence-corrected chi connectivity index (χ0v) is 12.3. The number of hydrogen-bond donors (Lipinski definition) is 0. The number of benzene rings is 2. The second kappa shape index (κ2) is 5.89. The maximum Gasteiger partial charge on any atom is 0.342 e. The molecule has 0 fully saturated rings. The molecule has 1 aliphatic heterocycles. The third-order valence-corrected chi connectivity index (χ3v) is 3.38. The van der Waals surface area contributed by atoms with Crippen molar-refractivity contribution in [3.05, 3.63) is 59.7 Å². The van der Waals surface area contributed by atoms with Crippen LogP contribution in [0.2, 0.25) is 0 Å². The SMILES string of the molecule is COc1cc(OC)cc(C2=N[C@@H](c3ccccc3)C(=O)O2)c1. The Kier molecular flexibility index (Phi) is 3.78. The molecule has 0 aromatic heterocycles. The minimum Gasteiger partial charge on any atom is -0.497 e. The highest BCUT2D eigenvalue weighted by Crippen LogP contribution is 2.29. The van der Waals surface area contributed by atoms with Crippen LogP contribution in [0.4, 0.5) is 0 Å². The number of esters is 1. The molecule has 3 rings (SSSR count). The molecule has 0 saturated carbocycles. The van der Waals surface area contributed by atoms with Crippen molar-refractivity contribution in [2.75, 3.05) is 14.2 Å². The number of aliphatic imine (C=N–C) groups is 1. The Hall–Kier alpha value is -2.82. The van der Waals surface area contributed by atoms with Gasteiger partial charge in [-0.1, -0.05) is 30.3 Å². The molecule has 0 saturated heterocycles. The Morgan fingerprint density at radius 2 is 1.64 bits per heavy atom. The molecule has 2 aromatic rings. The molecule has 1 aliphatic rings. The van der Waals surface area contributed by atoms with Crippen LogP contribution in [0, 0.1) is 0 Å². The molecule has 0 radical (unpaired) electrons. The monoisotopic (exact) mass is 297 g/mol. The first-order chi connectivity index (χ1) is 10.7. The highest BCUT2D eigenvalue weighted by atomic mass is 16.6. The average molecular weight is 297 g/mol. The Morgan fingerprint density at radius 1 is 1.00 bits per heavy atom. The van der Waals surface area contributed by atoms with Gasteiger partial charge in [0.15, 0.2) is 6.04 Å². The number of methoxy groups -OCH3 is 2. The summed E-state index contributed by atoms with van der Waals surface area (Å²) in [5.41, 5.74) is 1.44. The van der Waals surface area contributed by atoms with Crippen molar-refractivity contribution in [1.29, 1.82) is 0 Å². The molecule has 0 amide bonds. The van der Waals surface area contributed by atoms with Crippen LogP contribution in [0.5, 0.6) is 11.5 Å². The van der Waals surface area contributed by atoms with Crippen LogP contribution in [-0.4, -0.2) is 26.1 Å². The Labute approximate surface area is 128 Å². The average Bonchev–Trinajstić information content (AvgIpc) is 2.97. The summed E-state index contributed by atoms with van der Waals surface area (Å²) in [5.74, 6) is 1.10. The first-order valence-electron chi connectivity index (χ1n) is 6.79. The molecule has 112 valence electrons. The summed E-state index contributed by atoms with van der Waals surface area (Å²) in [6.07, 6.45) is 0. The van der Waals surface area contributed by atoms with Gasteiger partial charge in [0.25, 0.3) is 0 Å². The predicted molar refractivity (Wildman–Crippen MR) is 81.4 cm³/mol. The van der Waals surface area contributed by atoms with Gasteiger partial charge in [0, 0.05) is 11.6 Å². The van der Waals surface area contributed by atoms with Crippen LogP contribution >= 0.6 is 0 Å². The summed E-state index contributed by atoms with van der Waals surface area (Å²) in [6.45, 7) is 0. The van der Waals surface area contributed by atoms with Crippen molar-refractivity contribution >= 4 is 11.9 Å². The fourth-order valence-electron chi connectivity index (χ4n) is 2.26. The predicted octanol–water partition coefficient (Wildman–Crippen LogP) is 2.75. The van der Waals surface area contributed by atoms with Crippen LogP contribution in [0.25, 0.3) is 0 Å².